The fourth-order valence-corrected chi connectivity index (χ4v) is 4.35. The molecule has 0 aliphatic rings. The summed E-state index contributed by atoms with van der Waals surface area (Å²) >= 11 is 0. The summed E-state index contributed by atoms with van der Waals surface area (Å²) in [7, 11) is 0. The summed E-state index contributed by atoms with van der Waals surface area (Å²) in [5.74, 6) is 4.01. The molecule has 0 aliphatic carbocycles. The Morgan fingerprint density at radius 3 is 2.17 bits per heavy atom. The second-order valence-electron chi connectivity index (χ2n) is 10.0. The van der Waals surface area contributed by atoms with Crippen molar-refractivity contribution in [3.63, 3.8) is 0 Å². The monoisotopic (exact) mass is 634 g/mol. The molecule has 5 aromatic rings. The Balaban J connectivity index is 1.37. The third-order valence-electron chi connectivity index (χ3n) is 6.68. The highest BCUT2D eigenvalue weighted by Crippen LogP contribution is 2.36. The van der Waals surface area contributed by atoms with Gasteiger partial charge in [-0.15, -0.1) is 0 Å². The minimum absolute atomic E-state index is 0.0832. The van der Waals surface area contributed by atoms with Gasteiger partial charge in [0.15, 0.2) is 0 Å². The van der Waals surface area contributed by atoms with Crippen LogP contribution in [0.1, 0.15) is 48.5 Å². The molecule has 0 bridgehead atoms. The summed E-state index contributed by atoms with van der Waals surface area (Å²) in [6.07, 6.45) is -8.78. The maximum Gasteiger partial charge on any atom is 0.416 e. The molecular formula is C33H20F6N4O3. The van der Waals surface area contributed by atoms with E-state index in [1.54, 1.807) is 30.3 Å². The van der Waals surface area contributed by atoms with Crippen LogP contribution in [0, 0.1) is 18.8 Å². The van der Waals surface area contributed by atoms with Crippen molar-refractivity contribution in [1.29, 1.82) is 0 Å². The van der Waals surface area contributed by atoms with E-state index in [4.69, 9.17) is 0 Å². The number of rotatable bonds is 4. The highest BCUT2D eigenvalue weighted by molar-refractivity contribution is 6.12. The standard InChI is InChI=1S/C33H20F6N4O3/c1-18-6-10-25(15-20(18)8-7-19-12-21-9-11-28(44)43-29(21)40-17-19)41-31(46)26-4-2-3-5-27(26)42-30(45)22-13-23(32(34,35)36)16-24(14-22)33(37,38)39/h2-6,9-17H,1H3,(H,41,46)(H,42,45)(H,40,43,44). The Hall–Kier alpha value is -5.90. The second-order valence-corrected chi connectivity index (χ2v) is 10.0. The van der Waals surface area contributed by atoms with E-state index < -0.39 is 40.9 Å². The summed E-state index contributed by atoms with van der Waals surface area (Å²) in [4.78, 5) is 44.4. The number of nitrogens with zero attached hydrogens (tertiary/aromatic N) is 1. The van der Waals surface area contributed by atoms with Crippen LogP contribution >= 0.6 is 0 Å². The fourth-order valence-electron chi connectivity index (χ4n) is 4.35. The zero-order chi connectivity index (χ0) is 33.2. The van der Waals surface area contributed by atoms with Gasteiger partial charge in [0, 0.05) is 40.0 Å². The van der Waals surface area contributed by atoms with E-state index >= 15 is 0 Å². The minimum Gasteiger partial charge on any atom is -0.322 e. The first kappa shape index (κ1) is 31.5. The van der Waals surface area contributed by atoms with Crippen molar-refractivity contribution in [1.82, 2.24) is 9.97 Å². The first-order chi connectivity index (χ1) is 21.7. The molecule has 46 heavy (non-hydrogen) atoms. The number of alkyl halides is 6. The number of H-pyrrole nitrogens is 1. The Bertz CT molecular complexity index is 2090. The van der Waals surface area contributed by atoms with Crippen LogP contribution in [0.25, 0.3) is 11.0 Å². The zero-order valence-corrected chi connectivity index (χ0v) is 23.5. The van der Waals surface area contributed by atoms with Crippen molar-refractivity contribution in [3.05, 3.63) is 134 Å². The lowest BCUT2D eigenvalue weighted by Gasteiger charge is -2.15. The maximum atomic E-state index is 13.3. The van der Waals surface area contributed by atoms with Crippen LogP contribution in [-0.4, -0.2) is 21.8 Å². The van der Waals surface area contributed by atoms with E-state index in [1.807, 2.05) is 6.92 Å². The van der Waals surface area contributed by atoms with Crippen molar-refractivity contribution in [2.24, 2.45) is 0 Å². The number of carbonyl (C=O) groups is 2. The lowest BCUT2D eigenvalue weighted by Crippen LogP contribution is -2.20. The average Bonchev–Trinajstić information content (AvgIpc) is 3.00. The number of nitrogens with one attached hydrogen (secondary N) is 3. The Labute approximate surface area is 256 Å². The lowest BCUT2D eigenvalue weighted by atomic mass is 10.0. The molecule has 0 unspecified atom stereocenters. The summed E-state index contributed by atoms with van der Waals surface area (Å²) in [6, 6.07) is 15.7. The lowest BCUT2D eigenvalue weighted by molar-refractivity contribution is -0.143. The molecule has 0 spiro atoms. The average molecular weight is 635 g/mol. The fraction of sp³-hybridized carbons (Fsp3) is 0.0909. The summed E-state index contributed by atoms with van der Waals surface area (Å²) in [5.41, 5.74) is -2.07. The smallest absolute Gasteiger partial charge is 0.322 e. The van der Waals surface area contributed by atoms with E-state index in [2.05, 4.69) is 32.4 Å². The molecule has 2 amide bonds. The van der Waals surface area contributed by atoms with Crippen LogP contribution in [0.15, 0.2) is 89.9 Å². The van der Waals surface area contributed by atoms with Gasteiger partial charge >= 0.3 is 12.4 Å². The number of hydrogen-bond acceptors (Lipinski definition) is 4. The van der Waals surface area contributed by atoms with E-state index in [-0.39, 0.29) is 22.9 Å². The molecular weight excluding hydrogens is 614 g/mol. The van der Waals surface area contributed by atoms with Gasteiger partial charge in [-0.3, -0.25) is 14.4 Å². The van der Waals surface area contributed by atoms with E-state index in [1.165, 1.54) is 36.5 Å². The largest absolute Gasteiger partial charge is 0.416 e. The maximum absolute atomic E-state index is 13.3. The highest BCUT2D eigenvalue weighted by Gasteiger charge is 2.37. The minimum atomic E-state index is -5.14. The predicted molar refractivity (Wildman–Crippen MR) is 158 cm³/mol. The summed E-state index contributed by atoms with van der Waals surface area (Å²) in [6.45, 7) is 1.81. The molecule has 7 nitrogen and oxygen atoms in total. The van der Waals surface area contributed by atoms with Crippen LogP contribution in [0.5, 0.6) is 0 Å². The number of benzene rings is 3. The number of pyridine rings is 2. The third-order valence-corrected chi connectivity index (χ3v) is 6.68. The summed E-state index contributed by atoms with van der Waals surface area (Å²) in [5, 5.41) is 5.59. The van der Waals surface area contributed by atoms with Crippen LogP contribution in [0.4, 0.5) is 37.7 Å². The number of aromatic nitrogens is 2. The number of anilines is 2. The molecule has 5 rings (SSSR count). The molecule has 13 heteroatoms. The first-order valence-corrected chi connectivity index (χ1v) is 13.3. The topological polar surface area (TPSA) is 104 Å². The van der Waals surface area contributed by atoms with Gasteiger partial charge in [0.05, 0.1) is 22.4 Å². The summed E-state index contributed by atoms with van der Waals surface area (Å²) < 4.78 is 79.7. The SMILES string of the molecule is Cc1ccc(NC(=O)c2ccccc2NC(=O)c2cc(C(F)(F)F)cc(C(F)(F)F)c2)cc1C#Cc1cnc2[nH]c(=O)ccc2c1. The number of hydrogen-bond donors (Lipinski definition) is 3. The number of halogens is 6. The van der Waals surface area contributed by atoms with Crippen molar-refractivity contribution in [2.45, 2.75) is 19.3 Å². The molecule has 3 N–H and O–H groups in total. The molecule has 2 heterocycles. The molecule has 2 aromatic heterocycles. The number of para-hydroxylation sites is 1. The van der Waals surface area contributed by atoms with E-state index in [9.17, 15) is 40.7 Å². The van der Waals surface area contributed by atoms with Crippen molar-refractivity contribution >= 4 is 34.2 Å². The van der Waals surface area contributed by atoms with Gasteiger partial charge in [0.1, 0.15) is 5.65 Å². The van der Waals surface area contributed by atoms with E-state index in [0.29, 0.717) is 40.0 Å². The van der Waals surface area contributed by atoms with Gasteiger partial charge in [-0.2, -0.15) is 26.3 Å². The first-order valence-electron chi connectivity index (χ1n) is 13.3. The zero-order valence-electron chi connectivity index (χ0n) is 23.5. The molecule has 3 aromatic carbocycles. The van der Waals surface area contributed by atoms with Crippen LogP contribution < -0.4 is 16.2 Å². The van der Waals surface area contributed by atoms with Gasteiger partial charge in [-0.05, 0) is 67.1 Å². The quantitative estimate of drug-likeness (QED) is 0.144. The van der Waals surface area contributed by atoms with Crippen LogP contribution in [0.2, 0.25) is 0 Å². The van der Waals surface area contributed by atoms with Crippen molar-refractivity contribution in [3.8, 4) is 11.8 Å². The second kappa shape index (κ2) is 12.2. The molecule has 0 saturated heterocycles. The Morgan fingerprint density at radius 2 is 1.48 bits per heavy atom. The predicted octanol–water partition coefficient (Wildman–Crippen LogP) is 7.17. The molecule has 0 atom stereocenters. The van der Waals surface area contributed by atoms with Gasteiger partial charge in [-0.25, -0.2) is 4.98 Å². The third kappa shape index (κ3) is 7.24. The van der Waals surface area contributed by atoms with E-state index in [0.717, 1.165) is 5.56 Å². The van der Waals surface area contributed by atoms with Gasteiger partial charge in [0.2, 0.25) is 5.56 Å². The number of aryl methyl sites for hydroxylation is 1. The molecule has 0 aliphatic heterocycles. The molecule has 0 fully saturated rings. The highest BCUT2D eigenvalue weighted by atomic mass is 19.4. The van der Waals surface area contributed by atoms with Crippen LogP contribution in [-0.2, 0) is 12.4 Å². The van der Waals surface area contributed by atoms with Crippen molar-refractivity contribution in [2.75, 3.05) is 10.6 Å². The van der Waals surface area contributed by atoms with Gasteiger partial charge in [-0.1, -0.05) is 30.0 Å². The normalized spacial score (nSPS) is 11.5. The number of aromatic amines is 1. The number of carbonyl (C=O) groups excluding carboxylic acids is 2. The van der Waals surface area contributed by atoms with Gasteiger partial charge < -0.3 is 15.6 Å². The molecule has 0 radical (unpaired) electrons. The van der Waals surface area contributed by atoms with Crippen LogP contribution in [0.3, 0.4) is 0 Å². The van der Waals surface area contributed by atoms with Crippen molar-refractivity contribution < 1.29 is 35.9 Å². The molecule has 0 saturated carbocycles. The number of amides is 2. The Morgan fingerprint density at radius 1 is 0.783 bits per heavy atom. The molecule has 232 valence electrons. The Kier molecular flexibility index (Phi) is 8.39. The number of fused-ring (bicyclic) bond motifs is 1. The van der Waals surface area contributed by atoms with Gasteiger partial charge in [0.25, 0.3) is 11.8 Å².